The van der Waals surface area contributed by atoms with Crippen molar-refractivity contribution in [3.05, 3.63) is 59.9 Å². The lowest BCUT2D eigenvalue weighted by Gasteiger charge is -2.21. The highest BCUT2D eigenvalue weighted by molar-refractivity contribution is 5.35. The summed E-state index contributed by atoms with van der Waals surface area (Å²) in [7, 11) is 0. The molecule has 0 aliphatic rings. The van der Waals surface area contributed by atoms with E-state index in [1.54, 1.807) is 49.4 Å². The van der Waals surface area contributed by atoms with Gasteiger partial charge < -0.3 is 15.6 Å². The topological polar surface area (TPSA) is 55.5 Å². The summed E-state index contributed by atoms with van der Waals surface area (Å²) in [5.74, 6) is 0.253. The second-order valence-electron chi connectivity index (χ2n) is 4.53. The van der Waals surface area contributed by atoms with Crippen molar-refractivity contribution in [2.24, 2.45) is 5.73 Å². The number of aliphatic hydroxyl groups is 1. The van der Waals surface area contributed by atoms with Crippen molar-refractivity contribution >= 4 is 0 Å². The average molecular weight is 261 g/mol. The first-order valence-corrected chi connectivity index (χ1v) is 5.98. The predicted octanol–water partition coefficient (Wildman–Crippen LogP) is 2.78. The molecule has 0 aliphatic heterocycles. The number of halogens is 1. The molecule has 0 aliphatic carbocycles. The predicted molar refractivity (Wildman–Crippen MR) is 71.5 cm³/mol. The molecule has 0 saturated heterocycles. The molecule has 3 N–H and O–H groups in total. The van der Waals surface area contributed by atoms with Crippen LogP contribution in [0, 0.1) is 5.82 Å². The molecule has 2 aromatic carbocycles. The van der Waals surface area contributed by atoms with Gasteiger partial charge in [0.2, 0.25) is 0 Å². The summed E-state index contributed by atoms with van der Waals surface area (Å²) in [6.07, 6.45) is 0. The van der Waals surface area contributed by atoms with Crippen molar-refractivity contribution in [3.8, 4) is 11.5 Å². The van der Waals surface area contributed by atoms with E-state index in [0.717, 1.165) is 0 Å². The van der Waals surface area contributed by atoms with Gasteiger partial charge >= 0.3 is 0 Å². The zero-order valence-electron chi connectivity index (χ0n) is 10.6. The maximum atomic E-state index is 13.4. The van der Waals surface area contributed by atoms with Crippen LogP contribution in [0.15, 0.2) is 48.5 Å². The fourth-order valence-corrected chi connectivity index (χ4v) is 1.65. The summed E-state index contributed by atoms with van der Waals surface area (Å²) in [5, 5.41) is 9.99. The van der Waals surface area contributed by atoms with Gasteiger partial charge in [0, 0.05) is 6.54 Å². The number of benzene rings is 2. The molecule has 0 fully saturated rings. The third kappa shape index (κ3) is 3.10. The van der Waals surface area contributed by atoms with E-state index in [1.807, 2.05) is 0 Å². The molecule has 1 atom stereocenters. The Hall–Kier alpha value is -1.91. The first kappa shape index (κ1) is 13.5. The van der Waals surface area contributed by atoms with Crippen molar-refractivity contribution in [1.82, 2.24) is 0 Å². The molecular weight excluding hydrogens is 245 g/mol. The lowest BCUT2D eigenvalue weighted by molar-refractivity contribution is 0.0668. The highest BCUT2D eigenvalue weighted by Gasteiger charge is 2.20. The molecule has 100 valence electrons. The summed E-state index contributed by atoms with van der Waals surface area (Å²) in [6.45, 7) is 1.76. The standard InChI is InChI=1S/C15H16FNO2/c1-15(18,10-17)11-6-8-12(9-7-11)19-14-5-3-2-4-13(14)16/h2-9,18H,10,17H2,1H3. The first-order chi connectivity index (χ1) is 9.03. The summed E-state index contributed by atoms with van der Waals surface area (Å²) in [4.78, 5) is 0. The minimum Gasteiger partial charge on any atom is -0.454 e. The summed E-state index contributed by atoms with van der Waals surface area (Å²) in [6, 6.07) is 13.0. The molecule has 2 rings (SSSR count). The van der Waals surface area contributed by atoms with Crippen LogP contribution in [0.1, 0.15) is 12.5 Å². The van der Waals surface area contributed by atoms with Crippen LogP contribution in [0.25, 0.3) is 0 Å². The lowest BCUT2D eigenvalue weighted by Crippen LogP contribution is -2.31. The van der Waals surface area contributed by atoms with Gasteiger partial charge in [-0.1, -0.05) is 24.3 Å². The zero-order valence-corrected chi connectivity index (χ0v) is 10.6. The monoisotopic (exact) mass is 261 g/mol. The maximum absolute atomic E-state index is 13.4. The van der Waals surface area contributed by atoms with E-state index in [4.69, 9.17) is 10.5 Å². The maximum Gasteiger partial charge on any atom is 0.165 e. The number of ether oxygens (including phenoxy) is 1. The van der Waals surface area contributed by atoms with Crippen LogP contribution in [-0.2, 0) is 5.60 Å². The Kier molecular flexibility index (Phi) is 3.83. The highest BCUT2D eigenvalue weighted by atomic mass is 19.1. The van der Waals surface area contributed by atoms with E-state index < -0.39 is 11.4 Å². The number of nitrogens with two attached hydrogens (primary N) is 1. The van der Waals surface area contributed by atoms with Gasteiger partial charge in [0.05, 0.1) is 5.60 Å². The third-order valence-electron chi connectivity index (χ3n) is 2.94. The Morgan fingerprint density at radius 1 is 1.16 bits per heavy atom. The van der Waals surface area contributed by atoms with Gasteiger partial charge in [-0.15, -0.1) is 0 Å². The SMILES string of the molecule is CC(O)(CN)c1ccc(Oc2ccccc2F)cc1. The fourth-order valence-electron chi connectivity index (χ4n) is 1.65. The number of hydrogen-bond donors (Lipinski definition) is 2. The van der Waals surface area contributed by atoms with Gasteiger partial charge in [-0.25, -0.2) is 4.39 Å². The molecule has 2 aromatic rings. The molecule has 0 spiro atoms. The van der Waals surface area contributed by atoms with Crippen LogP contribution < -0.4 is 10.5 Å². The number of rotatable bonds is 4. The molecule has 19 heavy (non-hydrogen) atoms. The normalized spacial score (nSPS) is 13.9. The van der Waals surface area contributed by atoms with E-state index in [0.29, 0.717) is 11.3 Å². The molecule has 1 unspecified atom stereocenters. The minimum atomic E-state index is -1.07. The van der Waals surface area contributed by atoms with Crippen LogP contribution in [0.3, 0.4) is 0 Å². The summed E-state index contributed by atoms with van der Waals surface area (Å²) < 4.78 is 18.8. The Bertz CT molecular complexity index is 552. The van der Waals surface area contributed by atoms with Crippen molar-refractivity contribution in [2.45, 2.75) is 12.5 Å². The van der Waals surface area contributed by atoms with Gasteiger partial charge in [0.1, 0.15) is 5.75 Å². The Morgan fingerprint density at radius 3 is 2.37 bits per heavy atom. The third-order valence-corrected chi connectivity index (χ3v) is 2.94. The Balaban J connectivity index is 2.18. The Morgan fingerprint density at radius 2 is 1.79 bits per heavy atom. The fraction of sp³-hybridized carbons (Fsp3) is 0.200. The quantitative estimate of drug-likeness (QED) is 0.889. The summed E-state index contributed by atoms with van der Waals surface area (Å²) in [5.41, 5.74) is 5.11. The van der Waals surface area contributed by atoms with Gasteiger partial charge in [-0.05, 0) is 36.8 Å². The molecule has 3 nitrogen and oxygen atoms in total. The molecule has 4 heteroatoms. The molecule has 0 heterocycles. The van der Waals surface area contributed by atoms with E-state index in [1.165, 1.54) is 6.07 Å². The van der Waals surface area contributed by atoms with Crippen molar-refractivity contribution < 1.29 is 14.2 Å². The summed E-state index contributed by atoms with van der Waals surface area (Å²) >= 11 is 0. The number of hydrogen-bond acceptors (Lipinski definition) is 3. The molecule has 0 saturated carbocycles. The second kappa shape index (κ2) is 5.38. The first-order valence-electron chi connectivity index (χ1n) is 5.98. The van der Waals surface area contributed by atoms with Gasteiger partial charge in [0.25, 0.3) is 0 Å². The zero-order chi connectivity index (χ0) is 13.9. The van der Waals surface area contributed by atoms with Crippen LogP contribution >= 0.6 is 0 Å². The van der Waals surface area contributed by atoms with Crippen LogP contribution in [0.4, 0.5) is 4.39 Å². The largest absolute Gasteiger partial charge is 0.454 e. The molecule has 0 amide bonds. The van der Waals surface area contributed by atoms with Crippen LogP contribution in [0.5, 0.6) is 11.5 Å². The molecular formula is C15H16FNO2. The van der Waals surface area contributed by atoms with E-state index in [-0.39, 0.29) is 12.3 Å². The van der Waals surface area contributed by atoms with Gasteiger partial charge in [0.15, 0.2) is 11.6 Å². The highest BCUT2D eigenvalue weighted by Crippen LogP contribution is 2.26. The van der Waals surface area contributed by atoms with Crippen molar-refractivity contribution in [2.75, 3.05) is 6.54 Å². The molecule has 0 bridgehead atoms. The van der Waals surface area contributed by atoms with Gasteiger partial charge in [-0.3, -0.25) is 0 Å². The Labute approximate surface area is 111 Å². The van der Waals surface area contributed by atoms with Crippen molar-refractivity contribution in [1.29, 1.82) is 0 Å². The van der Waals surface area contributed by atoms with E-state index in [2.05, 4.69) is 0 Å². The minimum absolute atomic E-state index is 0.126. The molecule has 0 aromatic heterocycles. The van der Waals surface area contributed by atoms with Crippen LogP contribution in [0.2, 0.25) is 0 Å². The van der Waals surface area contributed by atoms with E-state index in [9.17, 15) is 9.50 Å². The van der Waals surface area contributed by atoms with Gasteiger partial charge in [-0.2, -0.15) is 0 Å². The lowest BCUT2D eigenvalue weighted by atomic mass is 9.96. The van der Waals surface area contributed by atoms with Crippen LogP contribution in [-0.4, -0.2) is 11.7 Å². The second-order valence-corrected chi connectivity index (χ2v) is 4.53. The van der Waals surface area contributed by atoms with Crippen molar-refractivity contribution in [3.63, 3.8) is 0 Å². The smallest absolute Gasteiger partial charge is 0.165 e. The molecule has 0 radical (unpaired) electrons. The average Bonchev–Trinajstić information content (AvgIpc) is 2.42. The van der Waals surface area contributed by atoms with E-state index >= 15 is 0 Å². The number of para-hydroxylation sites is 1.